The number of hydrogen-bond donors (Lipinski definition) is 2. The first kappa shape index (κ1) is 13.6. The Labute approximate surface area is 110 Å². The van der Waals surface area contributed by atoms with Gasteiger partial charge in [-0.2, -0.15) is 5.10 Å². The van der Waals surface area contributed by atoms with Crippen LogP contribution in [0.5, 0.6) is 0 Å². The molecule has 0 saturated carbocycles. The Hall–Kier alpha value is -0.870. The number of aromatic amines is 1. The number of ether oxygens (including phenoxy) is 1. The Morgan fingerprint density at radius 1 is 1.50 bits per heavy atom. The summed E-state index contributed by atoms with van der Waals surface area (Å²) in [5, 5.41) is 11.0. The minimum Gasteiger partial charge on any atom is -0.385 e. The van der Waals surface area contributed by atoms with Crippen LogP contribution in [0.1, 0.15) is 37.4 Å². The van der Waals surface area contributed by atoms with Gasteiger partial charge >= 0.3 is 0 Å². The first-order chi connectivity index (χ1) is 8.85. The van der Waals surface area contributed by atoms with E-state index in [2.05, 4.69) is 22.4 Å². The van der Waals surface area contributed by atoms with E-state index >= 15 is 0 Å². The van der Waals surface area contributed by atoms with Crippen LogP contribution in [0.25, 0.3) is 0 Å². The van der Waals surface area contributed by atoms with Crippen LogP contribution in [0.3, 0.4) is 0 Å². The highest BCUT2D eigenvalue weighted by atomic mass is 16.5. The summed E-state index contributed by atoms with van der Waals surface area (Å²) in [6, 6.07) is 0.604. The topological polar surface area (TPSA) is 49.9 Å². The van der Waals surface area contributed by atoms with Crippen molar-refractivity contribution in [3.8, 4) is 0 Å². The number of methoxy groups -OCH3 is 1. The first-order valence-corrected chi connectivity index (χ1v) is 7.08. The molecule has 4 nitrogen and oxygen atoms in total. The van der Waals surface area contributed by atoms with Crippen molar-refractivity contribution in [3.63, 3.8) is 0 Å². The zero-order valence-corrected chi connectivity index (χ0v) is 11.5. The van der Waals surface area contributed by atoms with Gasteiger partial charge < -0.3 is 10.1 Å². The molecule has 0 aromatic carbocycles. The van der Waals surface area contributed by atoms with Gasteiger partial charge in [-0.15, -0.1) is 0 Å². The van der Waals surface area contributed by atoms with Crippen LogP contribution >= 0.6 is 0 Å². The van der Waals surface area contributed by atoms with Crippen molar-refractivity contribution in [2.24, 2.45) is 5.92 Å². The summed E-state index contributed by atoms with van der Waals surface area (Å²) in [4.78, 5) is 0. The maximum atomic E-state index is 5.16. The third kappa shape index (κ3) is 3.33. The molecule has 0 radical (unpaired) electrons. The van der Waals surface area contributed by atoms with Gasteiger partial charge in [0.1, 0.15) is 0 Å². The lowest BCUT2D eigenvalue weighted by atomic mass is 9.81. The molecule has 2 atom stereocenters. The lowest BCUT2D eigenvalue weighted by molar-refractivity contribution is 0.179. The molecule has 0 amide bonds. The standard InChI is InChI=1S/C14H25N3O/c1-3-6-15-13-9-12-10-16-17-14(12)8-11(13)5-4-7-18-2/h10-11,13,15H,3-9H2,1-2H3,(H,16,17)/t11-,13-/m1/s1. The van der Waals surface area contributed by atoms with Gasteiger partial charge in [0.25, 0.3) is 0 Å². The van der Waals surface area contributed by atoms with Crippen molar-refractivity contribution >= 4 is 0 Å². The van der Waals surface area contributed by atoms with Gasteiger partial charge in [0.05, 0.1) is 6.20 Å². The van der Waals surface area contributed by atoms with E-state index in [0.29, 0.717) is 12.0 Å². The second kappa shape index (κ2) is 6.90. The predicted octanol–water partition coefficient (Wildman–Crippen LogP) is 1.92. The summed E-state index contributed by atoms with van der Waals surface area (Å²) in [5.41, 5.74) is 2.73. The molecule has 1 aliphatic carbocycles. The molecule has 0 unspecified atom stereocenters. The van der Waals surface area contributed by atoms with Gasteiger partial charge in [-0.25, -0.2) is 0 Å². The van der Waals surface area contributed by atoms with Crippen molar-refractivity contribution in [2.45, 2.75) is 45.1 Å². The Morgan fingerprint density at radius 3 is 3.17 bits per heavy atom. The monoisotopic (exact) mass is 251 g/mol. The zero-order chi connectivity index (χ0) is 12.8. The van der Waals surface area contributed by atoms with Gasteiger partial charge in [0.2, 0.25) is 0 Å². The lowest BCUT2D eigenvalue weighted by Gasteiger charge is -2.32. The molecule has 18 heavy (non-hydrogen) atoms. The number of fused-ring (bicyclic) bond motifs is 1. The largest absolute Gasteiger partial charge is 0.385 e. The molecule has 0 aliphatic heterocycles. The van der Waals surface area contributed by atoms with Crippen LogP contribution in [0.2, 0.25) is 0 Å². The maximum Gasteiger partial charge on any atom is 0.0522 e. The summed E-state index contributed by atoms with van der Waals surface area (Å²) in [6.45, 7) is 4.20. The van der Waals surface area contributed by atoms with Gasteiger partial charge in [-0.1, -0.05) is 6.92 Å². The van der Waals surface area contributed by atoms with Crippen LogP contribution < -0.4 is 5.32 Å². The fourth-order valence-corrected chi connectivity index (χ4v) is 2.86. The highest BCUT2D eigenvalue weighted by Gasteiger charge is 2.28. The molecule has 1 aromatic rings. The fourth-order valence-electron chi connectivity index (χ4n) is 2.86. The predicted molar refractivity (Wildman–Crippen MR) is 72.7 cm³/mol. The highest BCUT2D eigenvalue weighted by molar-refractivity contribution is 5.22. The number of rotatable bonds is 7. The van der Waals surface area contributed by atoms with Gasteiger partial charge in [0.15, 0.2) is 0 Å². The van der Waals surface area contributed by atoms with E-state index in [1.165, 1.54) is 24.1 Å². The summed E-state index contributed by atoms with van der Waals surface area (Å²) >= 11 is 0. The fraction of sp³-hybridized carbons (Fsp3) is 0.786. The number of aromatic nitrogens is 2. The van der Waals surface area contributed by atoms with Crippen molar-refractivity contribution in [3.05, 3.63) is 17.5 Å². The molecule has 102 valence electrons. The van der Waals surface area contributed by atoms with Crippen LogP contribution in [-0.2, 0) is 17.6 Å². The van der Waals surface area contributed by atoms with Gasteiger partial charge in [-0.05, 0) is 50.1 Å². The van der Waals surface area contributed by atoms with E-state index in [-0.39, 0.29) is 0 Å². The molecule has 1 aromatic heterocycles. The Balaban J connectivity index is 1.95. The summed E-state index contributed by atoms with van der Waals surface area (Å²) in [5.74, 6) is 0.708. The SMILES string of the molecule is CCCN[C@@H]1Cc2cn[nH]c2C[C@H]1CCCOC. The number of hydrogen-bond acceptors (Lipinski definition) is 3. The quantitative estimate of drug-likeness (QED) is 0.728. The van der Waals surface area contributed by atoms with Gasteiger partial charge in [-0.3, -0.25) is 5.10 Å². The Morgan fingerprint density at radius 2 is 2.39 bits per heavy atom. The van der Waals surface area contributed by atoms with Crippen LogP contribution in [0.15, 0.2) is 6.20 Å². The van der Waals surface area contributed by atoms with Gasteiger partial charge in [0, 0.05) is 25.5 Å². The van der Waals surface area contributed by atoms with E-state index < -0.39 is 0 Å². The molecular formula is C14H25N3O. The molecule has 4 heteroatoms. The van der Waals surface area contributed by atoms with E-state index in [9.17, 15) is 0 Å². The smallest absolute Gasteiger partial charge is 0.0522 e. The minimum absolute atomic E-state index is 0.604. The second-order valence-corrected chi connectivity index (χ2v) is 5.24. The molecule has 0 bridgehead atoms. The van der Waals surface area contributed by atoms with E-state index in [1.807, 2.05) is 6.20 Å². The van der Waals surface area contributed by atoms with E-state index in [4.69, 9.17) is 4.74 Å². The van der Waals surface area contributed by atoms with Crippen LogP contribution in [-0.4, -0.2) is 36.5 Å². The van der Waals surface area contributed by atoms with Crippen molar-refractivity contribution in [2.75, 3.05) is 20.3 Å². The van der Waals surface area contributed by atoms with E-state index in [1.54, 1.807) is 7.11 Å². The van der Waals surface area contributed by atoms with E-state index in [0.717, 1.165) is 32.4 Å². The van der Waals surface area contributed by atoms with Crippen molar-refractivity contribution in [1.29, 1.82) is 0 Å². The minimum atomic E-state index is 0.604. The third-order valence-electron chi connectivity index (χ3n) is 3.86. The van der Waals surface area contributed by atoms with Crippen molar-refractivity contribution in [1.82, 2.24) is 15.5 Å². The average molecular weight is 251 g/mol. The highest BCUT2D eigenvalue weighted by Crippen LogP contribution is 2.27. The molecular weight excluding hydrogens is 226 g/mol. The first-order valence-electron chi connectivity index (χ1n) is 7.08. The van der Waals surface area contributed by atoms with Crippen LogP contribution in [0.4, 0.5) is 0 Å². The molecule has 2 rings (SSSR count). The molecule has 0 spiro atoms. The van der Waals surface area contributed by atoms with Crippen LogP contribution in [0, 0.1) is 5.92 Å². The maximum absolute atomic E-state index is 5.16. The Kier molecular flexibility index (Phi) is 5.20. The number of nitrogens with zero attached hydrogens (tertiary/aromatic N) is 1. The third-order valence-corrected chi connectivity index (χ3v) is 3.86. The molecule has 2 N–H and O–H groups in total. The second-order valence-electron chi connectivity index (χ2n) is 5.24. The zero-order valence-electron chi connectivity index (χ0n) is 11.5. The molecule has 0 fully saturated rings. The molecule has 0 saturated heterocycles. The summed E-state index contributed by atoms with van der Waals surface area (Å²) < 4.78 is 5.16. The number of H-pyrrole nitrogens is 1. The van der Waals surface area contributed by atoms with Crippen molar-refractivity contribution < 1.29 is 4.74 Å². The summed E-state index contributed by atoms with van der Waals surface area (Å²) in [6.07, 6.45) is 7.80. The molecule has 1 heterocycles. The molecule has 1 aliphatic rings. The average Bonchev–Trinajstić information content (AvgIpc) is 2.83. The summed E-state index contributed by atoms with van der Waals surface area (Å²) in [7, 11) is 1.78. The normalized spacial score (nSPS) is 23.0. The Bertz CT molecular complexity index is 351. The number of nitrogens with one attached hydrogen (secondary N) is 2. The lowest BCUT2D eigenvalue weighted by Crippen LogP contribution is -2.42.